The van der Waals surface area contributed by atoms with E-state index in [9.17, 15) is 4.79 Å². The molecule has 0 radical (unpaired) electrons. The summed E-state index contributed by atoms with van der Waals surface area (Å²) < 4.78 is 0. The number of hydrogen-bond donors (Lipinski definition) is 2. The third kappa shape index (κ3) is 6.19. The second-order valence-electron chi connectivity index (χ2n) is 8.35. The van der Waals surface area contributed by atoms with Crippen LogP contribution in [0.25, 0.3) is 0 Å². The van der Waals surface area contributed by atoms with Crippen LogP contribution in [0.5, 0.6) is 0 Å². The van der Waals surface area contributed by atoms with Crippen molar-refractivity contribution in [2.75, 3.05) is 31.6 Å². The number of hydrogen-bond acceptors (Lipinski definition) is 3. The molecular weight excluding hydrogens is 531 g/mol. The second kappa shape index (κ2) is 11.3. The minimum absolute atomic E-state index is 0. The van der Waals surface area contributed by atoms with Gasteiger partial charge < -0.3 is 15.5 Å². The third-order valence-corrected chi connectivity index (χ3v) is 7.53. The molecule has 1 saturated heterocycles. The zero-order chi connectivity index (χ0) is 20.2. The van der Waals surface area contributed by atoms with Crippen molar-refractivity contribution in [2.24, 2.45) is 10.9 Å². The average Bonchev–Trinajstić information content (AvgIpc) is 3.53. The van der Waals surface area contributed by atoms with Gasteiger partial charge in [-0.25, -0.2) is 0 Å². The molecule has 2 N–H and O–H groups in total. The number of benzene rings is 1. The molecule has 5 nitrogen and oxygen atoms in total. The van der Waals surface area contributed by atoms with Crippen LogP contribution in [0, 0.1) is 5.92 Å². The maximum Gasteiger partial charge on any atom is 0.225 e. The number of carbonyl (C=O) groups is 1. The molecule has 3 fully saturated rings. The van der Waals surface area contributed by atoms with Gasteiger partial charge in [-0.2, -0.15) is 11.8 Å². The van der Waals surface area contributed by atoms with Crippen LogP contribution in [0.3, 0.4) is 0 Å². The summed E-state index contributed by atoms with van der Waals surface area (Å²) in [6.07, 6.45) is 5.12. The van der Waals surface area contributed by atoms with Crippen molar-refractivity contribution in [3.63, 3.8) is 0 Å². The number of nitrogens with zero attached hydrogens (tertiary/aromatic N) is 2. The van der Waals surface area contributed by atoms with Crippen molar-refractivity contribution < 1.29 is 4.79 Å². The lowest BCUT2D eigenvalue weighted by molar-refractivity contribution is -0.136. The van der Waals surface area contributed by atoms with Crippen molar-refractivity contribution in [2.45, 2.75) is 50.1 Å². The summed E-state index contributed by atoms with van der Waals surface area (Å²) in [5.74, 6) is 4.14. The van der Waals surface area contributed by atoms with E-state index in [0.29, 0.717) is 23.9 Å². The first-order valence-electron chi connectivity index (χ1n) is 10.8. The van der Waals surface area contributed by atoms with Crippen LogP contribution in [0.1, 0.15) is 43.6 Å². The van der Waals surface area contributed by atoms with Gasteiger partial charge in [-0.15, -0.1) is 24.0 Å². The van der Waals surface area contributed by atoms with Gasteiger partial charge >= 0.3 is 0 Å². The Balaban J connectivity index is 0.00000256. The van der Waals surface area contributed by atoms with Crippen molar-refractivity contribution in [3.8, 4) is 0 Å². The van der Waals surface area contributed by atoms with Crippen LogP contribution >= 0.6 is 47.3 Å². The van der Waals surface area contributed by atoms with Crippen LogP contribution in [-0.4, -0.2) is 60.5 Å². The maximum atomic E-state index is 12.7. The van der Waals surface area contributed by atoms with Crippen molar-refractivity contribution >= 4 is 59.2 Å². The van der Waals surface area contributed by atoms with Gasteiger partial charge in [0.25, 0.3) is 0 Å². The normalized spacial score (nSPS) is 29.0. The molecule has 1 aliphatic heterocycles. The number of nitrogens with one attached hydrogen (secondary N) is 2. The minimum atomic E-state index is 0. The average molecular weight is 563 g/mol. The van der Waals surface area contributed by atoms with E-state index in [4.69, 9.17) is 11.6 Å². The minimum Gasteiger partial charge on any atom is -0.354 e. The molecule has 2 saturated carbocycles. The Labute approximate surface area is 206 Å². The van der Waals surface area contributed by atoms with E-state index in [1.165, 1.54) is 5.56 Å². The maximum absolute atomic E-state index is 12.7. The molecule has 0 aromatic heterocycles. The van der Waals surface area contributed by atoms with Crippen molar-refractivity contribution in [1.82, 2.24) is 15.5 Å². The van der Waals surface area contributed by atoms with Gasteiger partial charge in [0, 0.05) is 60.6 Å². The number of amides is 1. The zero-order valence-corrected chi connectivity index (χ0v) is 21.4. The Morgan fingerprint density at radius 2 is 1.90 bits per heavy atom. The largest absolute Gasteiger partial charge is 0.354 e. The molecule has 0 bridgehead atoms. The molecule has 2 unspecified atom stereocenters. The lowest BCUT2D eigenvalue weighted by Crippen LogP contribution is -2.47. The standard InChI is InChI=1S/C22H31ClN4OS.HI/c1-24-22(26-20-14-19(20)16-3-2-4-17(23)13-16)25-18-7-5-15(6-8-18)21(28)27-9-11-29-12-10-27;/h2-4,13,15,18-20H,5-12,14H2,1H3,(H2,24,25,26);1H. The molecule has 30 heavy (non-hydrogen) atoms. The van der Waals surface area contributed by atoms with Gasteiger partial charge in [0.05, 0.1) is 0 Å². The molecule has 3 aliphatic rings. The van der Waals surface area contributed by atoms with E-state index < -0.39 is 0 Å². The summed E-state index contributed by atoms with van der Waals surface area (Å²) in [4.78, 5) is 19.2. The smallest absolute Gasteiger partial charge is 0.225 e. The molecule has 8 heteroatoms. The SMILES string of the molecule is CN=C(NC1CCC(C(=O)N2CCSCC2)CC1)NC1CC1c1cccc(Cl)c1.I. The predicted octanol–water partition coefficient (Wildman–Crippen LogP) is 4.11. The number of halogens is 2. The number of rotatable bonds is 4. The molecule has 1 aromatic carbocycles. The molecule has 166 valence electrons. The van der Waals surface area contributed by atoms with Crippen LogP contribution in [0.2, 0.25) is 5.02 Å². The van der Waals surface area contributed by atoms with Crippen molar-refractivity contribution in [1.29, 1.82) is 0 Å². The zero-order valence-electron chi connectivity index (χ0n) is 17.5. The Morgan fingerprint density at radius 3 is 2.57 bits per heavy atom. The molecule has 1 amide bonds. The quantitative estimate of drug-likeness (QED) is 0.329. The number of thioether (sulfide) groups is 1. The summed E-state index contributed by atoms with van der Waals surface area (Å²) in [6, 6.07) is 8.95. The van der Waals surface area contributed by atoms with E-state index in [1.807, 2.05) is 30.9 Å². The van der Waals surface area contributed by atoms with Gasteiger partial charge in [0.15, 0.2) is 5.96 Å². The highest BCUT2D eigenvalue weighted by Crippen LogP contribution is 2.41. The van der Waals surface area contributed by atoms with E-state index in [1.54, 1.807) is 0 Å². The Bertz CT molecular complexity index is 750. The van der Waals surface area contributed by atoms with Gasteiger partial charge in [0.1, 0.15) is 0 Å². The van der Waals surface area contributed by atoms with Gasteiger partial charge in [-0.05, 0) is 49.8 Å². The van der Waals surface area contributed by atoms with Gasteiger partial charge in [-0.3, -0.25) is 9.79 Å². The highest BCUT2D eigenvalue weighted by molar-refractivity contribution is 14.0. The number of carbonyl (C=O) groups excluding carboxylic acids is 1. The van der Waals surface area contributed by atoms with E-state index in [2.05, 4.69) is 32.7 Å². The number of aliphatic imine (C=N–C) groups is 1. The Morgan fingerprint density at radius 1 is 1.17 bits per heavy atom. The molecule has 2 aliphatic carbocycles. The first-order chi connectivity index (χ1) is 14.1. The van der Waals surface area contributed by atoms with Crippen LogP contribution in [-0.2, 0) is 4.79 Å². The van der Waals surface area contributed by atoms with Crippen LogP contribution < -0.4 is 10.6 Å². The van der Waals surface area contributed by atoms with Gasteiger partial charge in [-0.1, -0.05) is 23.7 Å². The molecule has 1 aromatic rings. The fourth-order valence-corrected chi connectivity index (χ4v) is 5.63. The molecule has 4 rings (SSSR count). The highest BCUT2D eigenvalue weighted by atomic mass is 127. The second-order valence-corrected chi connectivity index (χ2v) is 10.0. The number of guanidine groups is 1. The summed E-state index contributed by atoms with van der Waals surface area (Å²) in [6.45, 7) is 1.85. The fourth-order valence-electron chi connectivity index (χ4n) is 4.53. The highest BCUT2D eigenvalue weighted by Gasteiger charge is 2.39. The fraction of sp³-hybridized carbons (Fsp3) is 0.636. The Kier molecular flexibility index (Phi) is 9.01. The van der Waals surface area contributed by atoms with Crippen molar-refractivity contribution in [3.05, 3.63) is 34.9 Å². The van der Waals surface area contributed by atoms with E-state index in [0.717, 1.165) is 67.7 Å². The molecular formula is C22H32ClIN4OS. The Hall–Kier alpha value is -0.670. The van der Waals surface area contributed by atoms with Gasteiger partial charge in [0.2, 0.25) is 5.91 Å². The monoisotopic (exact) mass is 562 g/mol. The lowest BCUT2D eigenvalue weighted by atomic mass is 9.85. The van der Waals surface area contributed by atoms with Crippen LogP contribution in [0.15, 0.2) is 29.3 Å². The molecule has 2 atom stereocenters. The summed E-state index contributed by atoms with van der Waals surface area (Å²) in [5, 5.41) is 7.94. The summed E-state index contributed by atoms with van der Waals surface area (Å²) in [5.41, 5.74) is 1.29. The van der Waals surface area contributed by atoms with Crippen LogP contribution in [0.4, 0.5) is 0 Å². The van der Waals surface area contributed by atoms with E-state index in [-0.39, 0.29) is 29.9 Å². The third-order valence-electron chi connectivity index (χ3n) is 6.35. The molecule has 1 heterocycles. The first kappa shape index (κ1) is 24.0. The summed E-state index contributed by atoms with van der Waals surface area (Å²) in [7, 11) is 1.83. The molecule has 0 spiro atoms. The summed E-state index contributed by atoms with van der Waals surface area (Å²) >= 11 is 8.08. The predicted molar refractivity (Wildman–Crippen MR) is 137 cm³/mol. The topological polar surface area (TPSA) is 56.7 Å². The van der Waals surface area contributed by atoms with E-state index >= 15 is 0 Å². The lowest BCUT2D eigenvalue weighted by Gasteiger charge is -2.34. The first-order valence-corrected chi connectivity index (χ1v) is 12.3.